The van der Waals surface area contributed by atoms with E-state index in [-0.39, 0.29) is 24.0 Å². The molecule has 1 aromatic rings. The standard InChI is InChI=1S/C14H23N3O2/c1-3-12(13-15-8-9(2)16-13)17-14(19)10-4-6-11(18)7-5-10/h8,10-12,18H,3-7H2,1-2H3,(H,15,16)(H,17,19)/t10?,11?,12-/m1/s1. The first-order valence-corrected chi connectivity index (χ1v) is 7.10. The zero-order valence-corrected chi connectivity index (χ0v) is 11.6. The van der Waals surface area contributed by atoms with E-state index >= 15 is 0 Å². The van der Waals surface area contributed by atoms with Gasteiger partial charge in [-0.2, -0.15) is 0 Å². The molecule has 1 atom stereocenters. The molecular formula is C14H23N3O2. The highest BCUT2D eigenvalue weighted by molar-refractivity contribution is 5.79. The molecule has 0 saturated heterocycles. The van der Waals surface area contributed by atoms with Crippen LogP contribution in [0.15, 0.2) is 6.20 Å². The Morgan fingerprint density at radius 2 is 2.21 bits per heavy atom. The first-order chi connectivity index (χ1) is 9.10. The van der Waals surface area contributed by atoms with Gasteiger partial charge >= 0.3 is 0 Å². The van der Waals surface area contributed by atoms with Crippen molar-refractivity contribution >= 4 is 5.91 Å². The third-order valence-corrected chi connectivity index (χ3v) is 3.84. The van der Waals surface area contributed by atoms with Crippen LogP contribution in [-0.2, 0) is 4.79 Å². The molecule has 1 aromatic heterocycles. The summed E-state index contributed by atoms with van der Waals surface area (Å²) in [4.78, 5) is 19.7. The summed E-state index contributed by atoms with van der Waals surface area (Å²) >= 11 is 0. The van der Waals surface area contributed by atoms with Crippen LogP contribution < -0.4 is 5.32 Å². The number of H-pyrrole nitrogens is 1. The van der Waals surface area contributed by atoms with Crippen molar-refractivity contribution < 1.29 is 9.90 Å². The minimum atomic E-state index is -0.223. The van der Waals surface area contributed by atoms with Crippen molar-refractivity contribution in [2.75, 3.05) is 0 Å². The number of nitrogens with one attached hydrogen (secondary N) is 2. The fourth-order valence-electron chi connectivity index (χ4n) is 2.60. The molecular weight excluding hydrogens is 242 g/mol. The van der Waals surface area contributed by atoms with Gasteiger partial charge in [0.05, 0.1) is 12.1 Å². The number of carbonyl (C=O) groups excluding carboxylic acids is 1. The molecule has 0 aromatic carbocycles. The molecule has 1 amide bonds. The summed E-state index contributed by atoms with van der Waals surface area (Å²) < 4.78 is 0. The van der Waals surface area contributed by atoms with Crippen molar-refractivity contribution in [2.24, 2.45) is 5.92 Å². The van der Waals surface area contributed by atoms with E-state index in [4.69, 9.17) is 0 Å². The Labute approximate surface area is 113 Å². The molecule has 3 N–H and O–H groups in total. The average molecular weight is 265 g/mol. The number of nitrogens with zero attached hydrogens (tertiary/aromatic N) is 1. The lowest BCUT2D eigenvalue weighted by atomic mass is 9.86. The van der Waals surface area contributed by atoms with Gasteiger partial charge in [-0.05, 0) is 39.0 Å². The topological polar surface area (TPSA) is 78.0 Å². The quantitative estimate of drug-likeness (QED) is 0.777. The minimum absolute atomic E-state index is 0.0357. The van der Waals surface area contributed by atoms with Gasteiger partial charge in [0, 0.05) is 17.8 Å². The van der Waals surface area contributed by atoms with Crippen LogP contribution in [0.1, 0.15) is 56.6 Å². The molecule has 5 nitrogen and oxygen atoms in total. The van der Waals surface area contributed by atoms with Crippen LogP contribution in [-0.4, -0.2) is 27.1 Å². The highest BCUT2D eigenvalue weighted by atomic mass is 16.3. The molecule has 1 fully saturated rings. The maximum atomic E-state index is 12.2. The summed E-state index contributed by atoms with van der Waals surface area (Å²) in [7, 11) is 0. The first kappa shape index (κ1) is 14.1. The molecule has 0 radical (unpaired) electrons. The molecule has 0 spiro atoms. The highest BCUT2D eigenvalue weighted by Crippen LogP contribution is 2.25. The number of aromatic nitrogens is 2. The molecule has 5 heteroatoms. The summed E-state index contributed by atoms with van der Waals surface area (Å²) in [5, 5.41) is 12.5. The van der Waals surface area contributed by atoms with Crippen LogP contribution in [0.25, 0.3) is 0 Å². The van der Waals surface area contributed by atoms with E-state index in [1.807, 2.05) is 13.8 Å². The first-order valence-electron chi connectivity index (χ1n) is 7.10. The van der Waals surface area contributed by atoms with E-state index in [0.717, 1.165) is 43.6 Å². The summed E-state index contributed by atoms with van der Waals surface area (Å²) in [6.45, 7) is 3.99. The Balaban J connectivity index is 1.93. The SMILES string of the molecule is CC[C@@H](NC(=O)C1CCC(O)CC1)c1ncc(C)[nH]1. The van der Waals surface area contributed by atoms with Gasteiger partial charge in [-0.1, -0.05) is 6.92 Å². The molecule has 1 saturated carbocycles. The molecule has 1 aliphatic carbocycles. The van der Waals surface area contributed by atoms with Crippen molar-refractivity contribution in [1.82, 2.24) is 15.3 Å². The second-order valence-corrected chi connectivity index (χ2v) is 5.43. The number of aliphatic hydroxyl groups excluding tert-OH is 1. The molecule has 1 aliphatic rings. The van der Waals surface area contributed by atoms with Gasteiger partial charge in [0.2, 0.25) is 5.91 Å². The molecule has 106 valence electrons. The highest BCUT2D eigenvalue weighted by Gasteiger charge is 2.27. The molecule has 19 heavy (non-hydrogen) atoms. The average Bonchev–Trinajstić information content (AvgIpc) is 2.83. The van der Waals surface area contributed by atoms with Gasteiger partial charge in [-0.3, -0.25) is 4.79 Å². The number of imidazole rings is 1. The third kappa shape index (κ3) is 3.56. The van der Waals surface area contributed by atoms with E-state index in [2.05, 4.69) is 15.3 Å². The number of hydrogen-bond donors (Lipinski definition) is 3. The number of aliphatic hydroxyl groups is 1. The fraction of sp³-hybridized carbons (Fsp3) is 0.714. The zero-order valence-electron chi connectivity index (χ0n) is 11.6. The fourth-order valence-corrected chi connectivity index (χ4v) is 2.60. The molecule has 0 bridgehead atoms. The number of aryl methyl sites for hydroxylation is 1. The summed E-state index contributed by atoms with van der Waals surface area (Å²) in [6, 6.07) is -0.0481. The van der Waals surface area contributed by atoms with Gasteiger partial charge in [0.1, 0.15) is 5.82 Å². The van der Waals surface area contributed by atoms with E-state index in [1.165, 1.54) is 0 Å². The van der Waals surface area contributed by atoms with Crippen LogP contribution in [0.2, 0.25) is 0 Å². The lowest BCUT2D eigenvalue weighted by Gasteiger charge is -2.26. The molecule has 0 unspecified atom stereocenters. The predicted octanol–water partition coefficient (Wildman–Crippen LogP) is 1.84. The van der Waals surface area contributed by atoms with Crippen LogP contribution in [0, 0.1) is 12.8 Å². The normalized spacial score (nSPS) is 25.0. The Bertz CT molecular complexity index is 422. The smallest absolute Gasteiger partial charge is 0.223 e. The van der Waals surface area contributed by atoms with E-state index in [1.54, 1.807) is 6.20 Å². The summed E-state index contributed by atoms with van der Waals surface area (Å²) in [5.74, 6) is 0.950. The van der Waals surface area contributed by atoms with Crippen LogP contribution in [0.4, 0.5) is 0 Å². The van der Waals surface area contributed by atoms with Gasteiger partial charge < -0.3 is 15.4 Å². The Morgan fingerprint density at radius 1 is 1.53 bits per heavy atom. The number of rotatable bonds is 4. The second-order valence-electron chi connectivity index (χ2n) is 5.43. The van der Waals surface area contributed by atoms with Gasteiger partial charge in [0.25, 0.3) is 0 Å². The number of amides is 1. The minimum Gasteiger partial charge on any atom is -0.393 e. The van der Waals surface area contributed by atoms with Crippen molar-refractivity contribution in [3.05, 3.63) is 17.7 Å². The van der Waals surface area contributed by atoms with E-state index < -0.39 is 0 Å². The monoisotopic (exact) mass is 265 g/mol. The largest absolute Gasteiger partial charge is 0.393 e. The van der Waals surface area contributed by atoms with Crippen molar-refractivity contribution in [3.63, 3.8) is 0 Å². The van der Waals surface area contributed by atoms with Gasteiger partial charge in [-0.25, -0.2) is 4.98 Å². The van der Waals surface area contributed by atoms with E-state index in [0.29, 0.717) is 0 Å². The Kier molecular flexibility index (Phi) is 4.58. The maximum absolute atomic E-state index is 12.2. The van der Waals surface area contributed by atoms with E-state index in [9.17, 15) is 9.90 Å². The number of hydrogen-bond acceptors (Lipinski definition) is 3. The third-order valence-electron chi connectivity index (χ3n) is 3.84. The zero-order chi connectivity index (χ0) is 13.8. The van der Waals surface area contributed by atoms with Crippen LogP contribution in [0.3, 0.4) is 0 Å². The Hall–Kier alpha value is -1.36. The number of carbonyl (C=O) groups is 1. The molecule has 1 heterocycles. The Morgan fingerprint density at radius 3 is 2.74 bits per heavy atom. The summed E-state index contributed by atoms with van der Waals surface area (Å²) in [6.07, 6.45) is 5.39. The second kappa shape index (κ2) is 6.19. The van der Waals surface area contributed by atoms with Crippen molar-refractivity contribution in [2.45, 2.75) is 58.1 Å². The lowest BCUT2D eigenvalue weighted by molar-refractivity contribution is -0.127. The van der Waals surface area contributed by atoms with Crippen LogP contribution >= 0.6 is 0 Å². The lowest BCUT2D eigenvalue weighted by Crippen LogP contribution is -2.36. The maximum Gasteiger partial charge on any atom is 0.223 e. The molecule has 2 rings (SSSR count). The van der Waals surface area contributed by atoms with Crippen LogP contribution in [0.5, 0.6) is 0 Å². The summed E-state index contributed by atoms with van der Waals surface area (Å²) in [5.41, 5.74) is 1.00. The number of aromatic amines is 1. The van der Waals surface area contributed by atoms with Gasteiger partial charge in [0.15, 0.2) is 0 Å². The van der Waals surface area contributed by atoms with Crippen molar-refractivity contribution in [1.29, 1.82) is 0 Å². The molecule has 0 aliphatic heterocycles. The van der Waals surface area contributed by atoms with Crippen molar-refractivity contribution in [3.8, 4) is 0 Å². The van der Waals surface area contributed by atoms with Gasteiger partial charge in [-0.15, -0.1) is 0 Å². The predicted molar refractivity (Wildman–Crippen MR) is 72.5 cm³/mol.